The number of fused-ring (bicyclic) bond motifs is 1. The maximum atomic E-state index is 13.4. The third kappa shape index (κ3) is 3.26. The molecule has 1 aliphatic carbocycles. The molecule has 3 rings (SSSR count). The van der Waals surface area contributed by atoms with Gasteiger partial charge in [-0.2, -0.15) is 5.10 Å². The van der Waals surface area contributed by atoms with Crippen LogP contribution >= 0.6 is 0 Å². The highest BCUT2D eigenvalue weighted by atomic mass is 19.1. The van der Waals surface area contributed by atoms with Crippen molar-refractivity contribution in [2.24, 2.45) is 0 Å². The van der Waals surface area contributed by atoms with Gasteiger partial charge in [0.25, 0.3) is 0 Å². The molecule has 1 atom stereocenters. The number of carbonyl (C=O) groups excluding carboxylic acids is 2. The van der Waals surface area contributed by atoms with Crippen LogP contribution in [0.2, 0.25) is 0 Å². The second-order valence-electron chi connectivity index (χ2n) is 6.22. The second kappa shape index (κ2) is 6.66. The summed E-state index contributed by atoms with van der Waals surface area (Å²) < 4.78 is 15.2. The molecule has 132 valence electrons. The van der Waals surface area contributed by atoms with Crippen molar-refractivity contribution in [2.75, 3.05) is 5.32 Å². The minimum Gasteiger partial charge on any atom is -0.341 e. The van der Waals surface area contributed by atoms with Gasteiger partial charge >= 0.3 is 11.8 Å². The van der Waals surface area contributed by atoms with E-state index in [0.29, 0.717) is 24.3 Å². The van der Waals surface area contributed by atoms with Crippen molar-refractivity contribution < 1.29 is 14.0 Å². The molecular formula is C18H21FN4O2. The van der Waals surface area contributed by atoms with Crippen LogP contribution in [0.25, 0.3) is 0 Å². The third-order valence-electron chi connectivity index (χ3n) is 4.62. The fourth-order valence-corrected chi connectivity index (χ4v) is 3.30. The fraction of sp³-hybridized carbons (Fsp3) is 0.389. The third-order valence-corrected chi connectivity index (χ3v) is 4.62. The summed E-state index contributed by atoms with van der Waals surface area (Å²) in [5.74, 6) is -1.82. The first-order valence-corrected chi connectivity index (χ1v) is 8.34. The number of benzene rings is 1. The molecule has 2 aromatic rings. The zero-order valence-electron chi connectivity index (χ0n) is 14.5. The Hall–Kier alpha value is -2.70. The molecule has 6 nitrogen and oxygen atoms in total. The Balaban J connectivity index is 1.70. The van der Waals surface area contributed by atoms with Gasteiger partial charge in [0, 0.05) is 6.54 Å². The van der Waals surface area contributed by atoms with Gasteiger partial charge in [-0.05, 0) is 56.9 Å². The van der Waals surface area contributed by atoms with Crippen LogP contribution in [0, 0.1) is 19.7 Å². The normalized spacial score (nSPS) is 15.8. The van der Waals surface area contributed by atoms with E-state index in [-0.39, 0.29) is 11.9 Å². The quantitative estimate of drug-likeness (QED) is 0.840. The number of aromatic nitrogens is 2. The molecule has 2 amide bonds. The molecule has 7 heteroatoms. The van der Waals surface area contributed by atoms with Crippen LogP contribution in [0.3, 0.4) is 0 Å². The number of carbonyl (C=O) groups is 2. The molecule has 0 saturated heterocycles. The molecule has 0 aliphatic heterocycles. The standard InChI is InChI=1S/C18H21FN4O2/c1-4-23-11(3)16(10(2)22-23)21-18(25)17(24)20-15-8-6-12-5-7-13(19)9-14(12)15/h5,7,9,15H,4,6,8H2,1-3H3,(H,20,24)(H,21,25)/t15-/m1/s1. The first-order chi connectivity index (χ1) is 11.9. The molecule has 0 spiro atoms. The van der Waals surface area contributed by atoms with Crippen LogP contribution in [0.15, 0.2) is 18.2 Å². The first kappa shape index (κ1) is 17.1. The minimum absolute atomic E-state index is 0.343. The number of halogens is 1. The van der Waals surface area contributed by atoms with E-state index in [0.717, 1.165) is 23.2 Å². The van der Waals surface area contributed by atoms with Crippen LogP contribution < -0.4 is 10.6 Å². The monoisotopic (exact) mass is 344 g/mol. The van der Waals surface area contributed by atoms with Crippen molar-refractivity contribution in [3.8, 4) is 0 Å². The summed E-state index contributed by atoms with van der Waals surface area (Å²) in [5.41, 5.74) is 3.76. The maximum Gasteiger partial charge on any atom is 0.313 e. The van der Waals surface area contributed by atoms with Crippen LogP contribution in [0.5, 0.6) is 0 Å². The van der Waals surface area contributed by atoms with Crippen LogP contribution in [0.1, 0.15) is 41.9 Å². The van der Waals surface area contributed by atoms with Crippen LogP contribution in [-0.2, 0) is 22.6 Å². The van der Waals surface area contributed by atoms with Crippen molar-refractivity contribution >= 4 is 17.5 Å². The van der Waals surface area contributed by atoms with Crippen molar-refractivity contribution in [2.45, 2.75) is 46.2 Å². The van der Waals surface area contributed by atoms with E-state index in [1.807, 2.05) is 13.8 Å². The molecule has 0 unspecified atom stereocenters. The van der Waals surface area contributed by atoms with Crippen LogP contribution in [0.4, 0.5) is 10.1 Å². The van der Waals surface area contributed by atoms with Crippen LogP contribution in [-0.4, -0.2) is 21.6 Å². The number of nitrogens with one attached hydrogen (secondary N) is 2. The highest BCUT2D eigenvalue weighted by Gasteiger charge is 2.27. The minimum atomic E-state index is -0.744. The molecule has 0 radical (unpaired) electrons. The Morgan fingerprint density at radius 1 is 1.32 bits per heavy atom. The summed E-state index contributed by atoms with van der Waals surface area (Å²) in [6.45, 7) is 6.25. The Bertz CT molecular complexity index is 844. The van der Waals surface area contributed by atoms with Crippen molar-refractivity contribution in [1.82, 2.24) is 15.1 Å². The van der Waals surface area contributed by atoms with E-state index in [1.165, 1.54) is 12.1 Å². The van der Waals surface area contributed by atoms with Gasteiger partial charge in [-0.3, -0.25) is 14.3 Å². The van der Waals surface area contributed by atoms with E-state index in [9.17, 15) is 14.0 Å². The summed E-state index contributed by atoms with van der Waals surface area (Å²) in [6, 6.07) is 4.21. The lowest BCUT2D eigenvalue weighted by atomic mass is 10.1. The summed E-state index contributed by atoms with van der Waals surface area (Å²) >= 11 is 0. The molecule has 1 aliphatic rings. The number of aryl methyl sites for hydroxylation is 3. The number of rotatable bonds is 3. The Morgan fingerprint density at radius 3 is 2.76 bits per heavy atom. The first-order valence-electron chi connectivity index (χ1n) is 8.34. The van der Waals surface area contributed by atoms with E-state index < -0.39 is 11.8 Å². The zero-order valence-corrected chi connectivity index (χ0v) is 14.5. The highest BCUT2D eigenvalue weighted by Crippen LogP contribution is 2.31. The molecule has 25 heavy (non-hydrogen) atoms. The molecule has 0 fully saturated rings. The predicted molar refractivity (Wildman–Crippen MR) is 91.6 cm³/mol. The van der Waals surface area contributed by atoms with Crippen molar-refractivity contribution in [1.29, 1.82) is 0 Å². The van der Waals surface area contributed by atoms with Crippen molar-refractivity contribution in [3.63, 3.8) is 0 Å². The Labute approximate surface area is 145 Å². The number of hydrogen-bond donors (Lipinski definition) is 2. The summed E-state index contributed by atoms with van der Waals surface area (Å²) in [5, 5.41) is 9.64. The molecule has 0 saturated carbocycles. The van der Waals surface area contributed by atoms with Gasteiger partial charge in [0.1, 0.15) is 5.82 Å². The van der Waals surface area contributed by atoms with Gasteiger partial charge in [0.15, 0.2) is 0 Å². The van der Waals surface area contributed by atoms with Gasteiger partial charge in [0.05, 0.1) is 23.1 Å². The lowest BCUT2D eigenvalue weighted by Gasteiger charge is -2.14. The molecule has 0 bridgehead atoms. The van der Waals surface area contributed by atoms with Gasteiger partial charge in [-0.25, -0.2) is 4.39 Å². The van der Waals surface area contributed by atoms with Gasteiger partial charge in [-0.1, -0.05) is 6.07 Å². The molecular weight excluding hydrogens is 323 g/mol. The number of anilines is 1. The average Bonchev–Trinajstić information content (AvgIpc) is 3.09. The van der Waals surface area contributed by atoms with E-state index in [2.05, 4.69) is 15.7 Å². The largest absolute Gasteiger partial charge is 0.341 e. The summed E-state index contributed by atoms with van der Waals surface area (Å²) in [7, 11) is 0. The number of hydrogen-bond acceptors (Lipinski definition) is 3. The lowest BCUT2D eigenvalue weighted by Crippen LogP contribution is -2.37. The molecule has 2 N–H and O–H groups in total. The smallest absolute Gasteiger partial charge is 0.313 e. The second-order valence-corrected chi connectivity index (χ2v) is 6.22. The molecule has 1 aromatic heterocycles. The number of nitrogens with zero attached hydrogens (tertiary/aromatic N) is 2. The fourth-order valence-electron chi connectivity index (χ4n) is 3.30. The van der Waals surface area contributed by atoms with Gasteiger partial charge in [0.2, 0.25) is 0 Å². The molecule has 1 heterocycles. The number of amides is 2. The van der Waals surface area contributed by atoms with E-state index in [4.69, 9.17) is 0 Å². The topological polar surface area (TPSA) is 76.0 Å². The average molecular weight is 344 g/mol. The van der Waals surface area contributed by atoms with E-state index in [1.54, 1.807) is 17.7 Å². The maximum absolute atomic E-state index is 13.4. The SMILES string of the molecule is CCn1nc(C)c(NC(=O)C(=O)N[C@@H]2CCc3ccc(F)cc32)c1C. The Morgan fingerprint density at radius 2 is 2.08 bits per heavy atom. The predicted octanol–water partition coefficient (Wildman–Crippen LogP) is 2.40. The summed E-state index contributed by atoms with van der Waals surface area (Å²) in [4.78, 5) is 24.5. The van der Waals surface area contributed by atoms with Crippen molar-refractivity contribution in [3.05, 3.63) is 46.5 Å². The zero-order chi connectivity index (χ0) is 18.1. The lowest BCUT2D eigenvalue weighted by molar-refractivity contribution is -0.136. The van der Waals surface area contributed by atoms with E-state index >= 15 is 0 Å². The summed E-state index contributed by atoms with van der Waals surface area (Å²) in [6.07, 6.45) is 1.41. The Kier molecular flexibility index (Phi) is 4.57. The molecule has 1 aromatic carbocycles. The van der Waals surface area contributed by atoms with Gasteiger partial charge < -0.3 is 10.6 Å². The highest BCUT2D eigenvalue weighted by molar-refractivity contribution is 6.39. The van der Waals surface area contributed by atoms with Gasteiger partial charge in [-0.15, -0.1) is 0 Å².